The van der Waals surface area contributed by atoms with Crippen LogP contribution in [-0.2, 0) is 9.47 Å². The number of hydrogen-bond donors (Lipinski definition) is 2. The molecule has 0 saturated heterocycles. The van der Waals surface area contributed by atoms with Gasteiger partial charge < -0.3 is 24.4 Å². The lowest BCUT2D eigenvalue weighted by Crippen LogP contribution is -2.20. The number of hydrogen-bond acceptors (Lipinski definition) is 5. The summed E-state index contributed by atoms with van der Waals surface area (Å²) < 4.78 is 14.8. The van der Waals surface area contributed by atoms with Crippen molar-refractivity contribution in [3.63, 3.8) is 0 Å². The van der Waals surface area contributed by atoms with Gasteiger partial charge in [0, 0.05) is 5.92 Å². The van der Waals surface area contributed by atoms with E-state index in [1.807, 2.05) is 24.3 Å². The monoisotopic (exact) mass is 408 g/mol. The highest BCUT2D eigenvalue weighted by atomic mass is 16.7. The summed E-state index contributed by atoms with van der Waals surface area (Å²) in [4.78, 5) is 21.0. The van der Waals surface area contributed by atoms with Crippen LogP contribution in [0.1, 0.15) is 57.4 Å². The Bertz CT molecular complexity index is 609. The molecule has 0 heterocycles. The fourth-order valence-corrected chi connectivity index (χ4v) is 2.77. The summed E-state index contributed by atoms with van der Waals surface area (Å²) >= 11 is 0. The fourth-order valence-electron chi connectivity index (χ4n) is 2.77. The second-order valence-electron chi connectivity index (χ2n) is 6.83. The van der Waals surface area contributed by atoms with Gasteiger partial charge in [-0.15, -0.1) is 0 Å². The Labute approximate surface area is 172 Å². The molecule has 0 spiro atoms. The molecule has 7 heteroatoms. The van der Waals surface area contributed by atoms with Gasteiger partial charge in [-0.2, -0.15) is 0 Å². The van der Waals surface area contributed by atoms with E-state index < -0.39 is 12.3 Å². The van der Waals surface area contributed by atoms with E-state index in [-0.39, 0.29) is 19.1 Å². The molecule has 0 aromatic heterocycles. The molecule has 0 amide bonds. The van der Waals surface area contributed by atoms with Crippen molar-refractivity contribution in [1.29, 1.82) is 0 Å². The van der Waals surface area contributed by atoms with Gasteiger partial charge in [-0.05, 0) is 43.4 Å². The molecule has 2 N–H and O–H groups in total. The largest absolute Gasteiger partial charge is 0.505 e. The van der Waals surface area contributed by atoms with Crippen LogP contribution in [0.25, 0.3) is 6.08 Å². The van der Waals surface area contributed by atoms with Gasteiger partial charge in [-0.3, -0.25) is 0 Å². The standard InChI is InChI=1S/C22H32O7/c1-2-3-4-5-6-7-10-18-11-8-13-20(15-18)27-14-9-12-19(16-28-21(23)24)17-29-22(25)26/h7-8,10-11,13,15,19H,2-6,9,12,14,16-17H2,1H3,(H,23,24)(H,25,26)/b10-7-. The van der Waals surface area contributed by atoms with Gasteiger partial charge in [0.05, 0.1) is 6.61 Å². The molecule has 0 aliphatic carbocycles. The molecule has 1 aromatic rings. The molecule has 0 fully saturated rings. The molecule has 0 aliphatic rings. The minimum absolute atomic E-state index is 0.110. The number of benzene rings is 1. The van der Waals surface area contributed by atoms with Gasteiger partial charge >= 0.3 is 12.3 Å². The molecule has 1 aromatic carbocycles. The van der Waals surface area contributed by atoms with E-state index in [2.05, 4.69) is 28.5 Å². The van der Waals surface area contributed by atoms with Crippen LogP contribution in [0.5, 0.6) is 5.75 Å². The number of ether oxygens (including phenoxy) is 3. The minimum atomic E-state index is -1.39. The Balaban J connectivity index is 2.36. The maximum absolute atomic E-state index is 10.5. The first-order chi connectivity index (χ1) is 14.0. The second-order valence-corrected chi connectivity index (χ2v) is 6.83. The molecule has 0 unspecified atom stereocenters. The van der Waals surface area contributed by atoms with E-state index in [1.54, 1.807) is 0 Å². The van der Waals surface area contributed by atoms with Crippen molar-refractivity contribution in [3.05, 3.63) is 35.9 Å². The third kappa shape index (κ3) is 13.2. The maximum Gasteiger partial charge on any atom is 0.505 e. The molecule has 0 bridgehead atoms. The van der Waals surface area contributed by atoms with Crippen LogP contribution in [0.4, 0.5) is 9.59 Å². The van der Waals surface area contributed by atoms with Gasteiger partial charge in [0.1, 0.15) is 19.0 Å². The number of unbranched alkanes of at least 4 members (excludes halogenated alkanes) is 4. The summed E-state index contributed by atoms with van der Waals surface area (Å²) in [6.45, 7) is 2.41. The highest BCUT2D eigenvalue weighted by Gasteiger charge is 2.14. The zero-order chi connectivity index (χ0) is 21.3. The van der Waals surface area contributed by atoms with E-state index in [1.165, 1.54) is 25.7 Å². The van der Waals surface area contributed by atoms with E-state index in [0.29, 0.717) is 19.4 Å². The zero-order valence-corrected chi connectivity index (χ0v) is 17.0. The van der Waals surface area contributed by atoms with Gasteiger partial charge in [0.2, 0.25) is 0 Å². The molecule has 0 aliphatic heterocycles. The lowest BCUT2D eigenvalue weighted by molar-refractivity contribution is 0.0402. The average molecular weight is 408 g/mol. The molecule has 0 saturated carbocycles. The van der Waals surface area contributed by atoms with Crippen LogP contribution in [0, 0.1) is 5.92 Å². The van der Waals surface area contributed by atoms with Crippen molar-refractivity contribution < 1.29 is 34.0 Å². The summed E-state index contributed by atoms with van der Waals surface area (Å²) in [5.74, 6) is 0.422. The van der Waals surface area contributed by atoms with Gasteiger partial charge in [-0.1, -0.05) is 50.5 Å². The smallest absolute Gasteiger partial charge is 0.494 e. The Hall–Kier alpha value is -2.70. The molecule has 1 rings (SSSR count). The molecule has 29 heavy (non-hydrogen) atoms. The SMILES string of the molecule is CCCCCC/C=C\c1cccc(OCCCC(COC(=O)O)COC(=O)O)c1. The Morgan fingerprint density at radius 1 is 1.03 bits per heavy atom. The summed E-state index contributed by atoms with van der Waals surface area (Å²) in [6.07, 6.45) is 8.71. The summed E-state index contributed by atoms with van der Waals surface area (Å²) in [5.41, 5.74) is 1.08. The highest BCUT2D eigenvalue weighted by molar-refractivity contribution is 5.57. The molecule has 7 nitrogen and oxygen atoms in total. The summed E-state index contributed by atoms with van der Waals surface area (Å²) in [7, 11) is 0. The highest BCUT2D eigenvalue weighted by Crippen LogP contribution is 2.17. The molecular weight excluding hydrogens is 376 g/mol. The second kappa shape index (κ2) is 15.2. The van der Waals surface area contributed by atoms with Crippen molar-refractivity contribution in [2.75, 3.05) is 19.8 Å². The first-order valence-corrected chi connectivity index (χ1v) is 10.1. The van der Waals surface area contributed by atoms with E-state index in [4.69, 9.17) is 14.9 Å². The van der Waals surface area contributed by atoms with Gasteiger partial charge in [0.15, 0.2) is 0 Å². The quantitative estimate of drug-likeness (QED) is 0.278. The topological polar surface area (TPSA) is 102 Å². The van der Waals surface area contributed by atoms with Gasteiger partial charge in [0.25, 0.3) is 0 Å². The number of allylic oxidation sites excluding steroid dienone is 1. The Morgan fingerprint density at radius 3 is 2.41 bits per heavy atom. The zero-order valence-electron chi connectivity index (χ0n) is 17.0. The normalized spacial score (nSPS) is 11.0. The van der Waals surface area contributed by atoms with Crippen LogP contribution < -0.4 is 4.74 Å². The van der Waals surface area contributed by atoms with Gasteiger partial charge in [-0.25, -0.2) is 9.59 Å². The Kier molecular flexibility index (Phi) is 12.8. The van der Waals surface area contributed by atoms with E-state index in [9.17, 15) is 9.59 Å². The predicted octanol–water partition coefficient (Wildman–Crippen LogP) is 5.83. The van der Waals surface area contributed by atoms with Crippen LogP contribution >= 0.6 is 0 Å². The van der Waals surface area contributed by atoms with E-state index >= 15 is 0 Å². The van der Waals surface area contributed by atoms with Crippen LogP contribution in [0.15, 0.2) is 30.3 Å². The summed E-state index contributed by atoms with van der Waals surface area (Å²) in [6, 6.07) is 7.83. The number of rotatable bonds is 15. The Morgan fingerprint density at radius 2 is 1.76 bits per heavy atom. The van der Waals surface area contributed by atoms with Crippen molar-refractivity contribution in [3.8, 4) is 5.75 Å². The third-order valence-electron chi connectivity index (χ3n) is 4.30. The van der Waals surface area contributed by atoms with Crippen molar-refractivity contribution in [2.45, 2.75) is 51.9 Å². The first-order valence-electron chi connectivity index (χ1n) is 10.1. The van der Waals surface area contributed by atoms with Crippen molar-refractivity contribution in [2.24, 2.45) is 5.92 Å². The average Bonchev–Trinajstić information content (AvgIpc) is 2.69. The number of carbonyl (C=O) groups is 2. The molecule has 162 valence electrons. The first kappa shape index (κ1) is 24.3. The van der Waals surface area contributed by atoms with Crippen LogP contribution in [-0.4, -0.2) is 42.3 Å². The molecule has 0 atom stereocenters. The fraction of sp³-hybridized carbons (Fsp3) is 0.545. The maximum atomic E-state index is 10.5. The number of carboxylic acid groups (broad SMARTS) is 2. The summed E-state index contributed by atoms with van der Waals surface area (Å²) in [5, 5.41) is 17.2. The van der Waals surface area contributed by atoms with Crippen molar-refractivity contribution >= 4 is 18.4 Å². The van der Waals surface area contributed by atoms with Crippen molar-refractivity contribution in [1.82, 2.24) is 0 Å². The lowest BCUT2D eigenvalue weighted by atomic mass is 10.1. The van der Waals surface area contributed by atoms with Crippen LogP contribution in [0.3, 0.4) is 0 Å². The molecule has 0 radical (unpaired) electrons. The lowest BCUT2D eigenvalue weighted by Gasteiger charge is -2.15. The van der Waals surface area contributed by atoms with E-state index in [0.717, 1.165) is 17.7 Å². The third-order valence-corrected chi connectivity index (χ3v) is 4.30. The van der Waals surface area contributed by atoms with Crippen LogP contribution in [0.2, 0.25) is 0 Å². The predicted molar refractivity (Wildman–Crippen MR) is 110 cm³/mol. The molecular formula is C22H32O7. The minimum Gasteiger partial charge on any atom is -0.494 e.